The van der Waals surface area contributed by atoms with E-state index >= 15 is 0 Å². The van der Waals surface area contributed by atoms with Crippen molar-refractivity contribution in [3.63, 3.8) is 0 Å². The molecule has 276 valence electrons. The second-order valence-electron chi connectivity index (χ2n) is 10.9. The minimum Gasteiger partial charge on any atom is -0.503 e. The van der Waals surface area contributed by atoms with Gasteiger partial charge in [0.15, 0.2) is 14.1 Å². The summed E-state index contributed by atoms with van der Waals surface area (Å²) in [6.45, 7) is 5.32. The van der Waals surface area contributed by atoms with Crippen LogP contribution in [0.2, 0.25) is 0 Å². The third-order valence-electron chi connectivity index (χ3n) is 6.41. The summed E-state index contributed by atoms with van der Waals surface area (Å²) in [6.07, 6.45) is -1.49. The molecule has 0 fully saturated rings. The van der Waals surface area contributed by atoms with Gasteiger partial charge in [-0.25, -0.2) is 18.4 Å². The Kier molecular flexibility index (Phi) is 17.2. The molecule has 20 heteroatoms. The zero-order chi connectivity index (χ0) is 37.4. The van der Waals surface area contributed by atoms with E-state index in [4.69, 9.17) is 28.0 Å². The number of halogens is 2. The third-order valence-corrected chi connectivity index (χ3v) is 7.76. The molecule has 0 saturated heterocycles. The van der Waals surface area contributed by atoms with Crippen LogP contribution in [0.15, 0.2) is 34.4 Å². The molecule has 0 radical (unpaired) electrons. The topological polar surface area (TPSA) is 211 Å². The molecule has 2 amide bonds. The van der Waals surface area contributed by atoms with Crippen molar-refractivity contribution in [2.75, 3.05) is 39.4 Å². The highest BCUT2D eigenvalue weighted by Crippen LogP contribution is 2.38. The Labute approximate surface area is 286 Å². The molecule has 0 spiro atoms. The molecule has 2 aromatic rings. The van der Waals surface area contributed by atoms with Crippen molar-refractivity contribution in [2.45, 2.75) is 59.4 Å². The number of benzene rings is 1. The fourth-order valence-corrected chi connectivity index (χ4v) is 5.15. The number of carbonyl (C=O) groups is 4. The van der Waals surface area contributed by atoms with Crippen LogP contribution in [0.3, 0.4) is 0 Å². The van der Waals surface area contributed by atoms with E-state index in [-0.39, 0.29) is 30.5 Å². The molecular formula is C30H39F2N4O13P. The molecule has 17 nitrogen and oxygen atoms in total. The van der Waals surface area contributed by atoms with Gasteiger partial charge < -0.3 is 38.8 Å². The van der Waals surface area contributed by atoms with Crippen LogP contribution >= 0.6 is 8.38 Å². The molecule has 1 aromatic heterocycles. The maximum absolute atomic E-state index is 14.1. The van der Waals surface area contributed by atoms with Gasteiger partial charge in [0.1, 0.15) is 23.7 Å². The lowest BCUT2D eigenvalue weighted by Crippen LogP contribution is -2.36. The average Bonchev–Trinajstić information content (AvgIpc) is 3.03. The predicted molar refractivity (Wildman–Crippen MR) is 171 cm³/mol. The molecule has 1 atom stereocenters. The molecule has 1 unspecified atom stereocenters. The fraction of sp³-hybridized carbons (Fsp3) is 0.500. The number of nitrogens with zero attached hydrogens (tertiary/aromatic N) is 3. The van der Waals surface area contributed by atoms with Gasteiger partial charge in [-0.05, 0) is 40.7 Å². The summed E-state index contributed by atoms with van der Waals surface area (Å²) in [7, 11) is -1.99. The summed E-state index contributed by atoms with van der Waals surface area (Å²) in [5, 5.41) is 15.8. The van der Waals surface area contributed by atoms with Crippen molar-refractivity contribution in [1.82, 2.24) is 14.8 Å². The number of hydrogen-bond acceptors (Lipinski definition) is 14. The Bertz CT molecular complexity index is 1510. The normalized spacial score (nSPS) is 11.6. The molecule has 2 rings (SSSR count). The summed E-state index contributed by atoms with van der Waals surface area (Å²) in [5.41, 5.74) is -1.75. The smallest absolute Gasteiger partial charge is 0.503 e. The van der Waals surface area contributed by atoms with Crippen LogP contribution in [0.5, 0.6) is 5.75 Å². The van der Waals surface area contributed by atoms with Gasteiger partial charge in [-0.3, -0.25) is 23.4 Å². The first-order chi connectivity index (χ1) is 23.7. The fourth-order valence-electron chi connectivity index (χ4n) is 4.06. The molecule has 0 aliphatic carbocycles. The Hall–Kier alpha value is -4.74. The number of rotatable bonds is 20. The predicted octanol–water partition coefficient (Wildman–Crippen LogP) is 4.22. The van der Waals surface area contributed by atoms with E-state index in [1.807, 2.05) is 0 Å². The maximum Gasteiger partial charge on any atom is 0.510 e. The standard InChI is InChI=1S/C30H39F2N4O13P/c1-18(2)48-29(41)44-16-46-50(47-17-45-30(42)49-19(3)4)9-8-35(15-37)13-23(12-34-43)36-14-24(27(39)26(38)20(36)5)28(40)33-11-21-6-7-22(31)10-25(21)32/h6-7,10,14-15,18-19,23,38H,8-9,11-13,16-17H2,1-5H3,(H,33,40). The molecule has 50 heavy (non-hydrogen) atoms. The van der Waals surface area contributed by atoms with Crippen LogP contribution in [0.4, 0.5) is 18.4 Å². The molecule has 1 heterocycles. The van der Waals surface area contributed by atoms with Crippen LogP contribution in [0.1, 0.15) is 55.4 Å². The molecule has 0 aliphatic rings. The Morgan fingerprint density at radius 1 is 1.06 bits per heavy atom. The second kappa shape index (κ2) is 20.7. The van der Waals surface area contributed by atoms with E-state index in [1.165, 1.54) is 16.4 Å². The Morgan fingerprint density at radius 3 is 2.18 bits per heavy atom. The molecule has 0 saturated carbocycles. The van der Waals surface area contributed by atoms with E-state index < -0.39 is 99.9 Å². The minimum absolute atomic E-state index is 0.0392. The second-order valence-corrected chi connectivity index (χ2v) is 12.5. The SMILES string of the molecule is Cc1c(O)c(=O)c(C(=O)NCc2ccc(F)cc2F)cn1C(CN=O)CN(C=O)CCP(OCOC(=O)OC(C)C)OCOC(=O)OC(C)C. The number of carbonyl (C=O) groups excluding carboxylic acids is 4. The van der Waals surface area contributed by atoms with E-state index in [0.29, 0.717) is 12.5 Å². The third kappa shape index (κ3) is 13.6. The summed E-state index contributed by atoms with van der Waals surface area (Å²) in [5.74, 6) is -3.58. The molecule has 1 aromatic carbocycles. The van der Waals surface area contributed by atoms with Crippen molar-refractivity contribution in [3.05, 3.63) is 68.0 Å². The quantitative estimate of drug-likeness (QED) is 0.0643. The highest BCUT2D eigenvalue weighted by Gasteiger charge is 2.25. The van der Waals surface area contributed by atoms with Crippen LogP contribution in [-0.4, -0.2) is 90.8 Å². The lowest BCUT2D eigenvalue weighted by atomic mass is 10.1. The van der Waals surface area contributed by atoms with Gasteiger partial charge in [-0.2, -0.15) is 4.91 Å². The summed E-state index contributed by atoms with van der Waals surface area (Å²) < 4.78 is 58.8. The maximum atomic E-state index is 14.1. The van der Waals surface area contributed by atoms with Crippen molar-refractivity contribution in [1.29, 1.82) is 0 Å². The highest BCUT2D eigenvalue weighted by atomic mass is 31.2. The summed E-state index contributed by atoms with van der Waals surface area (Å²) >= 11 is 0. The Morgan fingerprint density at radius 2 is 1.66 bits per heavy atom. The van der Waals surface area contributed by atoms with E-state index in [0.717, 1.165) is 18.3 Å². The van der Waals surface area contributed by atoms with Gasteiger partial charge in [0.2, 0.25) is 25.4 Å². The van der Waals surface area contributed by atoms with Crippen molar-refractivity contribution >= 4 is 33.0 Å². The van der Waals surface area contributed by atoms with E-state index in [9.17, 15) is 42.8 Å². The number of aromatic nitrogens is 1. The zero-order valence-electron chi connectivity index (χ0n) is 28.0. The average molecular weight is 733 g/mol. The van der Waals surface area contributed by atoms with E-state index in [1.54, 1.807) is 27.7 Å². The van der Waals surface area contributed by atoms with Crippen LogP contribution < -0.4 is 10.7 Å². The number of aromatic hydroxyl groups is 1. The van der Waals surface area contributed by atoms with E-state index in [2.05, 4.69) is 10.5 Å². The highest BCUT2D eigenvalue weighted by molar-refractivity contribution is 7.47. The van der Waals surface area contributed by atoms with Crippen molar-refractivity contribution < 1.29 is 61.1 Å². The Balaban J connectivity index is 2.20. The number of hydrogen-bond donors (Lipinski definition) is 2. The van der Waals surface area contributed by atoms with Crippen molar-refractivity contribution in [3.8, 4) is 5.75 Å². The van der Waals surface area contributed by atoms with Gasteiger partial charge in [0.05, 0.1) is 23.9 Å². The van der Waals surface area contributed by atoms with Gasteiger partial charge in [0.25, 0.3) is 5.91 Å². The summed E-state index contributed by atoms with van der Waals surface area (Å²) in [6, 6.07) is 1.71. The summed E-state index contributed by atoms with van der Waals surface area (Å²) in [4.78, 5) is 73.9. The van der Waals surface area contributed by atoms with Crippen molar-refractivity contribution in [2.24, 2.45) is 5.18 Å². The zero-order valence-corrected chi connectivity index (χ0v) is 28.9. The number of nitrogens with one attached hydrogen (secondary N) is 1. The van der Waals surface area contributed by atoms with Gasteiger partial charge in [-0.15, -0.1) is 0 Å². The molecular weight excluding hydrogens is 693 g/mol. The lowest BCUT2D eigenvalue weighted by molar-refractivity contribution is -0.118. The van der Waals surface area contributed by atoms with Gasteiger partial charge in [0, 0.05) is 43.6 Å². The number of amides is 2. The van der Waals surface area contributed by atoms with Crippen LogP contribution in [-0.2, 0) is 39.3 Å². The first kappa shape index (κ1) is 41.4. The first-order valence-electron chi connectivity index (χ1n) is 15.0. The molecule has 0 bridgehead atoms. The van der Waals surface area contributed by atoms with Gasteiger partial charge >= 0.3 is 12.3 Å². The molecule has 2 N–H and O–H groups in total. The largest absolute Gasteiger partial charge is 0.510 e. The number of pyridine rings is 1. The minimum atomic E-state index is -1.99. The number of ether oxygens (including phenoxy) is 4. The lowest BCUT2D eigenvalue weighted by Gasteiger charge is -2.28. The molecule has 0 aliphatic heterocycles. The monoisotopic (exact) mass is 732 g/mol. The van der Waals surface area contributed by atoms with Crippen LogP contribution in [0.25, 0.3) is 0 Å². The van der Waals surface area contributed by atoms with Crippen LogP contribution in [0, 0.1) is 23.5 Å². The number of nitroso groups, excluding NO2 is 1. The van der Waals surface area contributed by atoms with Gasteiger partial charge in [-0.1, -0.05) is 11.2 Å². The first-order valence-corrected chi connectivity index (χ1v) is 16.4.